The third-order valence-corrected chi connectivity index (χ3v) is 4.21. The summed E-state index contributed by atoms with van der Waals surface area (Å²) in [5, 5.41) is 19.0. The summed E-state index contributed by atoms with van der Waals surface area (Å²) in [6.45, 7) is 4.94. The standard InChI is InChI=1S/C15H24BNO3/c1-3-17(10-12-5-4-6-12)11-13-9-14(20-2)7-8-15(13)16(18)19/h7-9,12,18-19H,3-6,10-11H2,1-2H3. The van der Waals surface area contributed by atoms with Gasteiger partial charge in [0.05, 0.1) is 7.11 Å². The van der Waals surface area contributed by atoms with Gasteiger partial charge in [-0.1, -0.05) is 19.4 Å². The van der Waals surface area contributed by atoms with E-state index in [1.54, 1.807) is 19.2 Å². The van der Waals surface area contributed by atoms with Crippen molar-refractivity contribution in [2.45, 2.75) is 32.7 Å². The van der Waals surface area contributed by atoms with Gasteiger partial charge in [0.2, 0.25) is 0 Å². The van der Waals surface area contributed by atoms with E-state index < -0.39 is 7.12 Å². The van der Waals surface area contributed by atoms with E-state index in [1.165, 1.54) is 19.3 Å². The lowest BCUT2D eigenvalue weighted by molar-refractivity contribution is 0.178. The van der Waals surface area contributed by atoms with Crippen LogP contribution in [-0.4, -0.2) is 42.3 Å². The van der Waals surface area contributed by atoms with Crippen molar-refractivity contribution in [3.8, 4) is 5.75 Å². The molecule has 0 spiro atoms. The molecule has 0 heterocycles. The quantitative estimate of drug-likeness (QED) is 0.730. The van der Waals surface area contributed by atoms with Crippen LogP contribution in [0.2, 0.25) is 0 Å². The highest BCUT2D eigenvalue weighted by Gasteiger charge is 2.22. The third kappa shape index (κ3) is 3.75. The molecule has 0 aliphatic heterocycles. The summed E-state index contributed by atoms with van der Waals surface area (Å²) >= 11 is 0. The van der Waals surface area contributed by atoms with Crippen molar-refractivity contribution in [1.29, 1.82) is 0 Å². The molecule has 1 aromatic carbocycles. The third-order valence-electron chi connectivity index (χ3n) is 4.21. The fourth-order valence-corrected chi connectivity index (χ4v) is 2.68. The van der Waals surface area contributed by atoms with Crippen LogP contribution in [0.4, 0.5) is 0 Å². The van der Waals surface area contributed by atoms with Crippen molar-refractivity contribution in [3.63, 3.8) is 0 Å². The van der Waals surface area contributed by atoms with Gasteiger partial charge in [0.1, 0.15) is 5.75 Å². The van der Waals surface area contributed by atoms with Crippen LogP contribution in [0.25, 0.3) is 0 Å². The zero-order valence-corrected chi connectivity index (χ0v) is 12.4. The first-order valence-corrected chi connectivity index (χ1v) is 7.39. The van der Waals surface area contributed by atoms with Gasteiger partial charge < -0.3 is 14.8 Å². The molecule has 0 atom stereocenters. The Morgan fingerprint density at radius 1 is 1.35 bits per heavy atom. The fraction of sp³-hybridized carbons (Fsp3) is 0.600. The van der Waals surface area contributed by atoms with E-state index in [2.05, 4.69) is 11.8 Å². The monoisotopic (exact) mass is 277 g/mol. The predicted molar refractivity (Wildman–Crippen MR) is 81.1 cm³/mol. The second-order valence-electron chi connectivity index (χ2n) is 5.56. The van der Waals surface area contributed by atoms with Crippen LogP contribution in [0.15, 0.2) is 18.2 Å². The molecular formula is C15H24BNO3. The number of ether oxygens (including phenoxy) is 1. The van der Waals surface area contributed by atoms with Gasteiger partial charge in [-0.05, 0) is 48.5 Å². The van der Waals surface area contributed by atoms with Gasteiger partial charge in [0.15, 0.2) is 0 Å². The maximum Gasteiger partial charge on any atom is 0.488 e. The molecule has 0 bridgehead atoms. The van der Waals surface area contributed by atoms with E-state index in [0.29, 0.717) is 5.46 Å². The van der Waals surface area contributed by atoms with E-state index in [-0.39, 0.29) is 0 Å². The summed E-state index contributed by atoms with van der Waals surface area (Å²) < 4.78 is 5.24. The van der Waals surface area contributed by atoms with E-state index in [9.17, 15) is 10.0 Å². The molecule has 2 rings (SSSR count). The Bertz CT molecular complexity index is 435. The van der Waals surface area contributed by atoms with Crippen LogP contribution >= 0.6 is 0 Å². The zero-order chi connectivity index (χ0) is 14.5. The SMILES string of the molecule is CCN(Cc1cc(OC)ccc1B(O)O)CC1CCC1. The van der Waals surface area contributed by atoms with Crippen molar-refractivity contribution in [2.24, 2.45) is 5.92 Å². The molecule has 0 saturated heterocycles. The predicted octanol–water partition coefficient (Wildman–Crippen LogP) is 0.997. The first kappa shape index (κ1) is 15.4. The molecule has 1 aromatic rings. The summed E-state index contributed by atoms with van der Waals surface area (Å²) in [5.41, 5.74) is 1.50. The molecule has 110 valence electrons. The van der Waals surface area contributed by atoms with E-state index in [0.717, 1.165) is 36.9 Å². The molecule has 4 nitrogen and oxygen atoms in total. The van der Waals surface area contributed by atoms with E-state index >= 15 is 0 Å². The average molecular weight is 277 g/mol. The number of benzene rings is 1. The Kier molecular flexibility index (Phi) is 5.46. The summed E-state index contributed by atoms with van der Waals surface area (Å²) in [6, 6.07) is 5.40. The molecule has 5 heteroatoms. The second-order valence-corrected chi connectivity index (χ2v) is 5.56. The number of nitrogens with zero attached hydrogens (tertiary/aromatic N) is 1. The maximum atomic E-state index is 9.49. The van der Waals surface area contributed by atoms with Crippen LogP contribution in [-0.2, 0) is 6.54 Å². The van der Waals surface area contributed by atoms with Crippen molar-refractivity contribution >= 4 is 12.6 Å². The van der Waals surface area contributed by atoms with E-state index in [1.807, 2.05) is 6.07 Å². The number of hydrogen-bond acceptors (Lipinski definition) is 4. The maximum absolute atomic E-state index is 9.49. The average Bonchev–Trinajstić information content (AvgIpc) is 2.40. The summed E-state index contributed by atoms with van der Waals surface area (Å²) in [5.74, 6) is 1.56. The molecule has 1 fully saturated rings. The van der Waals surface area contributed by atoms with Crippen LogP contribution < -0.4 is 10.2 Å². The highest BCUT2D eigenvalue weighted by atomic mass is 16.5. The van der Waals surface area contributed by atoms with Crippen LogP contribution in [0.3, 0.4) is 0 Å². The largest absolute Gasteiger partial charge is 0.497 e. The van der Waals surface area contributed by atoms with Gasteiger partial charge in [0, 0.05) is 13.1 Å². The minimum absolute atomic E-state index is 0.567. The lowest BCUT2D eigenvalue weighted by Gasteiger charge is -2.32. The second kappa shape index (κ2) is 7.11. The van der Waals surface area contributed by atoms with Gasteiger partial charge in [-0.2, -0.15) is 0 Å². The topological polar surface area (TPSA) is 52.9 Å². The molecule has 1 saturated carbocycles. The molecule has 20 heavy (non-hydrogen) atoms. The summed E-state index contributed by atoms with van der Waals surface area (Å²) in [7, 11) is 0.193. The summed E-state index contributed by atoms with van der Waals surface area (Å²) in [4.78, 5) is 2.37. The van der Waals surface area contributed by atoms with Crippen molar-refractivity contribution < 1.29 is 14.8 Å². The molecule has 2 N–H and O–H groups in total. The number of hydrogen-bond donors (Lipinski definition) is 2. The zero-order valence-electron chi connectivity index (χ0n) is 12.4. The van der Waals surface area contributed by atoms with Gasteiger partial charge in [-0.25, -0.2) is 0 Å². The normalized spacial score (nSPS) is 15.2. The van der Waals surface area contributed by atoms with Crippen molar-refractivity contribution in [3.05, 3.63) is 23.8 Å². The van der Waals surface area contributed by atoms with E-state index in [4.69, 9.17) is 4.74 Å². The Morgan fingerprint density at radius 3 is 2.60 bits per heavy atom. The lowest BCUT2D eigenvalue weighted by atomic mass is 9.76. The Hall–Kier alpha value is -1.04. The minimum Gasteiger partial charge on any atom is -0.497 e. The molecule has 0 amide bonds. The number of methoxy groups -OCH3 is 1. The van der Waals surface area contributed by atoms with Crippen LogP contribution in [0.5, 0.6) is 5.75 Å². The van der Waals surface area contributed by atoms with Crippen LogP contribution in [0.1, 0.15) is 31.7 Å². The van der Waals surface area contributed by atoms with Crippen molar-refractivity contribution in [1.82, 2.24) is 4.90 Å². The Labute approximate surface area is 121 Å². The fourth-order valence-electron chi connectivity index (χ4n) is 2.68. The minimum atomic E-state index is -1.43. The first-order chi connectivity index (χ1) is 9.63. The Morgan fingerprint density at radius 2 is 2.10 bits per heavy atom. The van der Waals surface area contributed by atoms with Crippen LogP contribution in [0, 0.1) is 5.92 Å². The number of rotatable bonds is 7. The van der Waals surface area contributed by atoms with Gasteiger partial charge in [0.25, 0.3) is 0 Å². The molecule has 1 aliphatic carbocycles. The smallest absolute Gasteiger partial charge is 0.488 e. The highest BCUT2D eigenvalue weighted by molar-refractivity contribution is 6.59. The van der Waals surface area contributed by atoms with Gasteiger partial charge in [-0.15, -0.1) is 0 Å². The highest BCUT2D eigenvalue weighted by Crippen LogP contribution is 2.27. The van der Waals surface area contributed by atoms with Gasteiger partial charge >= 0.3 is 7.12 Å². The molecular weight excluding hydrogens is 253 g/mol. The molecule has 0 aromatic heterocycles. The van der Waals surface area contributed by atoms with Crippen molar-refractivity contribution in [2.75, 3.05) is 20.2 Å². The van der Waals surface area contributed by atoms with Gasteiger partial charge in [-0.3, -0.25) is 4.90 Å². The molecule has 0 radical (unpaired) electrons. The Balaban J connectivity index is 2.11. The molecule has 1 aliphatic rings. The summed E-state index contributed by atoms with van der Waals surface area (Å²) in [6.07, 6.45) is 4.00. The lowest BCUT2D eigenvalue weighted by Crippen LogP contribution is -2.38. The first-order valence-electron chi connectivity index (χ1n) is 7.39. The molecule has 0 unspecified atom stereocenters.